The number of halogens is 1. The van der Waals surface area contributed by atoms with Crippen molar-refractivity contribution in [2.75, 3.05) is 12.4 Å². The van der Waals surface area contributed by atoms with Gasteiger partial charge < -0.3 is 14.8 Å². The third-order valence-corrected chi connectivity index (χ3v) is 5.12. The molecule has 0 atom stereocenters. The number of fused-ring (bicyclic) bond motifs is 2. The molecule has 3 aromatic carbocycles. The number of nitrogens with zero attached hydrogens (tertiary/aromatic N) is 2. The molecule has 5 rings (SSSR count). The van der Waals surface area contributed by atoms with Crippen molar-refractivity contribution in [1.29, 1.82) is 0 Å². The Kier molecular flexibility index (Phi) is 4.99. The van der Waals surface area contributed by atoms with Crippen LogP contribution in [0.5, 0.6) is 17.4 Å². The maximum absolute atomic E-state index is 13.6. The predicted molar refractivity (Wildman–Crippen MR) is 120 cm³/mol. The smallest absolute Gasteiger partial charge is 0.279 e. The summed E-state index contributed by atoms with van der Waals surface area (Å²) >= 11 is 0. The van der Waals surface area contributed by atoms with E-state index < -0.39 is 11.7 Å². The summed E-state index contributed by atoms with van der Waals surface area (Å²) in [6.45, 7) is 0. The summed E-state index contributed by atoms with van der Waals surface area (Å²) in [6, 6.07) is 16.8. The van der Waals surface area contributed by atoms with Crippen molar-refractivity contribution >= 4 is 28.7 Å². The number of methoxy groups -OCH3 is 1. The Bertz CT molecular complexity index is 1380. The van der Waals surface area contributed by atoms with Crippen LogP contribution in [0.4, 0.5) is 10.1 Å². The fourth-order valence-corrected chi connectivity index (χ4v) is 3.55. The lowest BCUT2D eigenvalue weighted by atomic mass is 10.1. The number of rotatable bonds is 5. The minimum atomic E-state index is -0.471. The third kappa shape index (κ3) is 3.76. The number of carbonyl (C=O) groups excluding carboxylic acids is 1. The molecule has 4 aromatic rings. The number of ether oxygens (including phenoxy) is 2. The van der Waals surface area contributed by atoms with E-state index in [1.807, 2.05) is 36.4 Å². The van der Waals surface area contributed by atoms with E-state index in [0.29, 0.717) is 16.7 Å². The van der Waals surface area contributed by atoms with Crippen LogP contribution < -0.4 is 14.8 Å². The molecule has 0 saturated carbocycles. The van der Waals surface area contributed by atoms with Crippen molar-refractivity contribution in [1.82, 2.24) is 9.97 Å². The Morgan fingerprint density at radius 3 is 2.62 bits per heavy atom. The van der Waals surface area contributed by atoms with Gasteiger partial charge in [0.25, 0.3) is 11.8 Å². The van der Waals surface area contributed by atoms with Crippen LogP contribution in [0.15, 0.2) is 66.7 Å². The molecule has 1 aliphatic rings. The van der Waals surface area contributed by atoms with Gasteiger partial charge in [0.05, 0.1) is 18.1 Å². The van der Waals surface area contributed by atoms with E-state index in [-0.39, 0.29) is 23.1 Å². The molecule has 0 unspecified atom stereocenters. The Labute approximate surface area is 183 Å². The van der Waals surface area contributed by atoms with Crippen LogP contribution in [0.25, 0.3) is 17.1 Å². The minimum absolute atomic E-state index is 0.00567. The van der Waals surface area contributed by atoms with E-state index in [2.05, 4.69) is 21.4 Å². The molecule has 0 bridgehead atoms. The Morgan fingerprint density at radius 1 is 1.00 bits per heavy atom. The number of hydrogen-bond acceptors (Lipinski definition) is 5. The van der Waals surface area contributed by atoms with Crippen LogP contribution in [0.1, 0.15) is 21.6 Å². The third-order valence-electron chi connectivity index (χ3n) is 5.12. The fraction of sp³-hybridized carbons (Fsp3) is 0.0800. The highest BCUT2D eigenvalue weighted by Gasteiger charge is 2.21. The molecule has 1 N–H and O–H groups in total. The van der Waals surface area contributed by atoms with E-state index in [9.17, 15) is 9.18 Å². The molecule has 0 aliphatic heterocycles. The van der Waals surface area contributed by atoms with E-state index in [4.69, 9.17) is 9.47 Å². The highest BCUT2D eigenvalue weighted by molar-refractivity contribution is 6.05. The van der Waals surface area contributed by atoms with Gasteiger partial charge in [0, 0.05) is 11.8 Å². The number of benzene rings is 3. The number of anilines is 1. The molecule has 1 aliphatic carbocycles. The quantitative estimate of drug-likeness (QED) is 0.462. The van der Waals surface area contributed by atoms with Gasteiger partial charge in [-0.15, -0.1) is 0 Å². The molecular weight excluding hydrogens is 409 g/mol. The van der Waals surface area contributed by atoms with E-state index >= 15 is 0 Å². The second-order valence-electron chi connectivity index (χ2n) is 7.24. The van der Waals surface area contributed by atoms with Crippen LogP contribution in [0.3, 0.4) is 0 Å². The monoisotopic (exact) mass is 427 g/mol. The van der Waals surface area contributed by atoms with E-state index in [0.717, 1.165) is 12.0 Å². The Hall–Kier alpha value is -4.26. The highest BCUT2D eigenvalue weighted by atomic mass is 19.1. The number of carbonyl (C=O) groups is 1. The largest absolute Gasteiger partial charge is 0.493 e. The average molecular weight is 427 g/mol. The van der Waals surface area contributed by atoms with Crippen LogP contribution in [0, 0.1) is 5.82 Å². The zero-order chi connectivity index (χ0) is 22.1. The van der Waals surface area contributed by atoms with Gasteiger partial charge in [-0.1, -0.05) is 30.4 Å². The molecular formula is C25H18FN3O3. The SMILES string of the molecule is COc1cc(F)ccc1Oc1nc2ccccc2nc1C(=O)Nc1ccc2c(c1)C=CC2. The van der Waals surface area contributed by atoms with Crippen LogP contribution in [0.2, 0.25) is 0 Å². The summed E-state index contributed by atoms with van der Waals surface area (Å²) in [6.07, 6.45) is 4.99. The van der Waals surface area contributed by atoms with Crippen molar-refractivity contribution < 1.29 is 18.7 Å². The fourth-order valence-electron chi connectivity index (χ4n) is 3.55. The molecule has 0 saturated heterocycles. The number of amides is 1. The summed E-state index contributed by atoms with van der Waals surface area (Å²) < 4.78 is 24.7. The van der Waals surface area contributed by atoms with Gasteiger partial charge in [-0.2, -0.15) is 0 Å². The van der Waals surface area contributed by atoms with E-state index in [1.165, 1.54) is 30.9 Å². The number of nitrogens with one attached hydrogen (secondary N) is 1. The summed E-state index contributed by atoms with van der Waals surface area (Å²) in [4.78, 5) is 22.1. The first kappa shape index (κ1) is 19.7. The Morgan fingerprint density at radius 2 is 1.81 bits per heavy atom. The molecule has 7 heteroatoms. The summed E-state index contributed by atoms with van der Waals surface area (Å²) in [5, 5.41) is 2.87. The molecule has 1 heterocycles. The maximum atomic E-state index is 13.6. The second kappa shape index (κ2) is 8.11. The predicted octanol–water partition coefficient (Wildman–Crippen LogP) is 5.39. The van der Waals surface area contributed by atoms with Gasteiger partial charge >= 0.3 is 0 Å². The Balaban J connectivity index is 1.54. The molecule has 0 fully saturated rings. The first-order valence-electron chi connectivity index (χ1n) is 10.00. The number of allylic oxidation sites excluding steroid dienone is 1. The molecule has 1 aromatic heterocycles. The van der Waals surface area contributed by atoms with E-state index in [1.54, 1.807) is 12.1 Å². The van der Waals surface area contributed by atoms with Gasteiger partial charge in [0.15, 0.2) is 17.2 Å². The van der Waals surface area contributed by atoms with Gasteiger partial charge in [-0.25, -0.2) is 14.4 Å². The molecule has 158 valence electrons. The second-order valence-corrected chi connectivity index (χ2v) is 7.24. The first-order valence-corrected chi connectivity index (χ1v) is 10.00. The van der Waals surface area contributed by atoms with Crippen LogP contribution in [-0.4, -0.2) is 23.0 Å². The van der Waals surface area contributed by atoms with Gasteiger partial charge in [0.2, 0.25) is 0 Å². The zero-order valence-corrected chi connectivity index (χ0v) is 17.1. The van der Waals surface area contributed by atoms with Crippen LogP contribution >= 0.6 is 0 Å². The highest BCUT2D eigenvalue weighted by Crippen LogP contribution is 2.33. The lowest BCUT2D eigenvalue weighted by Gasteiger charge is -2.13. The molecule has 0 radical (unpaired) electrons. The molecule has 0 spiro atoms. The summed E-state index contributed by atoms with van der Waals surface area (Å²) in [5.41, 5.74) is 4.03. The van der Waals surface area contributed by atoms with Crippen molar-refractivity contribution in [2.24, 2.45) is 0 Å². The van der Waals surface area contributed by atoms with Crippen molar-refractivity contribution in [3.8, 4) is 17.4 Å². The summed E-state index contributed by atoms with van der Waals surface area (Å²) in [5.74, 6) is -0.553. The van der Waals surface area contributed by atoms with Gasteiger partial charge in [-0.3, -0.25) is 4.79 Å². The van der Waals surface area contributed by atoms with Crippen LogP contribution in [-0.2, 0) is 6.42 Å². The molecule has 32 heavy (non-hydrogen) atoms. The zero-order valence-electron chi connectivity index (χ0n) is 17.1. The number of hydrogen-bond donors (Lipinski definition) is 1. The van der Waals surface area contributed by atoms with Crippen molar-refractivity contribution in [3.63, 3.8) is 0 Å². The summed E-state index contributed by atoms with van der Waals surface area (Å²) in [7, 11) is 1.41. The maximum Gasteiger partial charge on any atom is 0.279 e. The average Bonchev–Trinajstić information content (AvgIpc) is 3.27. The van der Waals surface area contributed by atoms with Crippen molar-refractivity contribution in [3.05, 3.63) is 89.4 Å². The first-order chi connectivity index (χ1) is 15.6. The minimum Gasteiger partial charge on any atom is -0.493 e. The standard InChI is InChI=1S/C25H18FN3O3/c1-31-22-14-17(26)10-12-21(22)32-25-23(28-19-7-2-3-8-20(19)29-25)24(30)27-18-11-9-15-5-4-6-16(15)13-18/h2-4,6-14H,5H2,1H3,(H,27,30). The molecule has 1 amide bonds. The molecule has 6 nitrogen and oxygen atoms in total. The van der Waals surface area contributed by atoms with Gasteiger partial charge in [0.1, 0.15) is 5.82 Å². The lowest BCUT2D eigenvalue weighted by molar-refractivity contribution is 0.101. The lowest BCUT2D eigenvalue weighted by Crippen LogP contribution is -2.16. The number of aromatic nitrogens is 2. The topological polar surface area (TPSA) is 73.3 Å². The number of para-hydroxylation sites is 2. The van der Waals surface area contributed by atoms with Gasteiger partial charge in [-0.05, 0) is 53.9 Å². The normalized spacial score (nSPS) is 11.9. The van der Waals surface area contributed by atoms with Crippen molar-refractivity contribution in [2.45, 2.75) is 6.42 Å².